The fraction of sp³-hybridized carbons (Fsp3) is 0. The molecule has 0 saturated heterocycles. The van der Waals surface area contributed by atoms with Crippen molar-refractivity contribution in [1.29, 1.82) is 0 Å². The number of nitrogens with zero attached hydrogens (tertiary/aromatic N) is 3. The van der Waals surface area contributed by atoms with Gasteiger partial charge in [-0.2, -0.15) is 0 Å². The summed E-state index contributed by atoms with van der Waals surface area (Å²) >= 11 is 0. The number of para-hydroxylation sites is 2. The van der Waals surface area contributed by atoms with Gasteiger partial charge in [0.05, 0.1) is 5.52 Å². The summed E-state index contributed by atoms with van der Waals surface area (Å²) in [6, 6.07) is 56.7. The first kappa shape index (κ1) is 24.5. The van der Waals surface area contributed by atoms with E-state index in [0.29, 0.717) is 5.82 Å². The first-order chi connectivity index (χ1) is 20.3. The van der Waals surface area contributed by atoms with Gasteiger partial charge in [-0.3, -0.25) is 4.90 Å². The maximum atomic E-state index is 5.31. The Balaban J connectivity index is 1.48. The van der Waals surface area contributed by atoms with Crippen LogP contribution < -0.4 is 4.90 Å². The molecule has 0 aliphatic rings. The third-order valence-electron chi connectivity index (χ3n) is 7.25. The van der Waals surface area contributed by atoms with Gasteiger partial charge in [-0.15, -0.1) is 0 Å². The van der Waals surface area contributed by atoms with E-state index in [9.17, 15) is 0 Å². The van der Waals surface area contributed by atoms with Gasteiger partial charge in [0.1, 0.15) is 5.82 Å². The summed E-state index contributed by atoms with van der Waals surface area (Å²) in [4.78, 5) is 12.6. The smallest absolute Gasteiger partial charge is 0.162 e. The Labute approximate surface area is 240 Å². The third-order valence-corrected chi connectivity index (χ3v) is 7.25. The highest BCUT2D eigenvalue weighted by Gasteiger charge is 2.20. The monoisotopic (exact) mass is 525 g/mol. The van der Waals surface area contributed by atoms with E-state index in [4.69, 9.17) is 9.97 Å². The van der Waals surface area contributed by atoms with Crippen molar-refractivity contribution in [2.75, 3.05) is 4.90 Å². The summed E-state index contributed by atoms with van der Waals surface area (Å²) in [7, 11) is 0. The Hall–Kier alpha value is -5.54. The van der Waals surface area contributed by atoms with Gasteiger partial charge in [0.15, 0.2) is 5.82 Å². The molecule has 0 bridgehead atoms. The molecule has 0 amide bonds. The number of anilines is 3. The Morgan fingerprint density at radius 2 is 0.854 bits per heavy atom. The van der Waals surface area contributed by atoms with Crippen LogP contribution in [0, 0.1) is 0 Å². The van der Waals surface area contributed by atoms with E-state index in [1.807, 2.05) is 24.3 Å². The molecule has 0 atom stereocenters. The zero-order valence-corrected chi connectivity index (χ0v) is 22.4. The Bertz CT molecular complexity index is 1880. The molecule has 194 valence electrons. The summed E-state index contributed by atoms with van der Waals surface area (Å²) in [5.74, 6) is 1.53. The van der Waals surface area contributed by atoms with Crippen molar-refractivity contribution in [2.24, 2.45) is 0 Å². The molecule has 1 aromatic heterocycles. The number of fused-ring (bicyclic) bond motifs is 1. The molecule has 0 aliphatic heterocycles. The van der Waals surface area contributed by atoms with Crippen molar-refractivity contribution in [3.63, 3.8) is 0 Å². The molecule has 6 aromatic carbocycles. The van der Waals surface area contributed by atoms with Gasteiger partial charge in [0, 0.05) is 22.3 Å². The van der Waals surface area contributed by atoms with Crippen LogP contribution in [0.4, 0.5) is 17.2 Å². The molecular formula is C38H27N3. The van der Waals surface area contributed by atoms with E-state index in [1.165, 1.54) is 0 Å². The number of benzene rings is 6. The molecule has 41 heavy (non-hydrogen) atoms. The topological polar surface area (TPSA) is 29.0 Å². The zero-order chi connectivity index (χ0) is 27.4. The van der Waals surface area contributed by atoms with E-state index in [-0.39, 0.29) is 0 Å². The van der Waals surface area contributed by atoms with Gasteiger partial charge in [-0.1, -0.05) is 121 Å². The van der Waals surface area contributed by atoms with E-state index in [1.54, 1.807) is 0 Å². The van der Waals surface area contributed by atoms with E-state index < -0.39 is 0 Å². The van der Waals surface area contributed by atoms with E-state index in [2.05, 4.69) is 144 Å². The molecule has 1 heterocycles. The number of rotatable bonds is 6. The average molecular weight is 526 g/mol. The van der Waals surface area contributed by atoms with Crippen LogP contribution in [0.1, 0.15) is 0 Å². The van der Waals surface area contributed by atoms with Crippen LogP contribution in [0.3, 0.4) is 0 Å². The van der Waals surface area contributed by atoms with Gasteiger partial charge in [-0.05, 0) is 64.7 Å². The Kier molecular flexibility index (Phi) is 6.52. The van der Waals surface area contributed by atoms with Crippen molar-refractivity contribution < 1.29 is 0 Å². The maximum absolute atomic E-state index is 5.31. The van der Waals surface area contributed by atoms with Crippen LogP contribution in [0.2, 0.25) is 0 Å². The van der Waals surface area contributed by atoms with Crippen molar-refractivity contribution in [2.45, 2.75) is 0 Å². The van der Waals surface area contributed by atoms with Crippen molar-refractivity contribution in [3.05, 3.63) is 164 Å². The van der Waals surface area contributed by atoms with Crippen LogP contribution in [-0.4, -0.2) is 9.97 Å². The standard InChI is InChI=1S/C38H27N3/c1-5-14-28(15-6-1)30-18-13-19-32(26-30)37-39-36-25-24-31(29-16-7-2-8-17-29)27-35(36)38(40-37)41(33-20-9-3-10-21-33)34-22-11-4-12-23-34/h1-27H. The minimum atomic E-state index is 0.689. The SMILES string of the molecule is c1ccc(-c2cccc(-c3nc(N(c4ccccc4)c4ccccc4)c4cc(-c5ccccc5)ccc4n3)c2)cc1. The normalized spacial score (nSPS) is 10.9. The molecule has 0 N–H and O–H groups in total. The van der Waals surface area contributed by atoms with E-state index >= 15 is 0 Å². The quantitative estimate of drug-likeness (QED) is 0.216. The third kappa shape index (κ3) is 4.97. The molecule has 7 aromatic rings. The lowest BCUT2D eigenvalue weighted by molar-refractivity contribution is 1.15. The first-order valence-electron chi connectivity index (χ1n) is 13.8. The van der Waals surface area contributed by atoms with Crippen molar-refractivity contribution >= 4 is 28.1 Å². The second-order valence-electron chi connectivity index (χ2n) is 9.92. The van der Waals surface area contributed by atoms with Crippen LogP contribution >= 0.6 is 0 Å². The van der Waals surface area contributed by atoms with Gasteiger partial charge < -0.3 is 0 Å². The molecule has 3 nitrogen and oxygen atoms in total. The Morgan fingerprint density at radius 3 is 1.44 bits per heavy atom. The summed E-state index contributed by atoms with van der Waals surface area (Å²) in [6.45, 7) is 0. The van der Waals surface area contributed by atoms with Gasteiger partial charge in [0.25, 0.3) is 0 Å². The fourth-order valence-corrected chi connectivity index (χ4v) is 5.24. The van der Waals surface area contributed by atoms with Crippen LogP contribution in [0.5, 0.6) is 0 Å². The molecule has 3 heteroatoms. The molecule has 0 saturated carbocycles. The summed E-state index contributed by atoms with van der Waals surface area (Å²) < 4.78 is 0. The van der Waals surface area contributed by atoms with Gasteiger partial charge in [-0.25, -0.2) is 9.97 Å². The molecular weight excluding hydrogens is 498 g/mol. The summed E-state index contributed by atoms with van der Waals surface area (Å²) in [6.07, 6.45) is 0. The first-order valence-corrected chi connectivity index (χ1v) is 13.8. The minimum absolute atomic E-state index is 0.689. The minimum Gasteiger partial charge on any atom is -0.294 e. The molecule has 0 fully saturated rings. The predicted molar refractivity (Wildman–Crippen MR) is 171 cm³/mol. The van der Waals surface area contributed by atoms with Crippen LogP contribution in [-0.2, 0) is 0 Å². The number of hydrogen-bond acceptors (Lipinski definition) is 3. The fourth-order valence-electron chi connectivity index (χ4n) is 5.24. The number of aromatic nitrogens is 2. The highest BCUT2D eigenvalue weighted by molar-refractivity contribution is 5.98. The lowest BCUT2D eigenvalue weighted by Crippen LogP contribution is -2.13. The molecule has 0 aliphatic carbocycles. The van der Waals surface area contributed by atoms with Crippen molar-refractivity contribution in [1.82, 2.24) is 9.97 Å². The predicted octanol–water partition coefficient (Wildman–Crippen LogP) is 10.1. The summed E-state index contributed by atoms with van der Waals surface area (Å²) in [5.41, 5.74) is 8.53. The van der Waals surface area contributed by atoms with Gasteiger partial charge >= 0.3 is 0 Å². The molecule has 0 radical (unpaired) electrons. The second-order valence-corrected chi connectivity index (χ2v) is 9.92. The molecule has 7 rings (SSSR count). The zero-order valence-electron chi connectivity index (χ0n) is 22.4. The largest absolute Gasteiger partial charge is 0.294 e. The molecule has 0 unspecified atom stereocenters. The average Bonchev–Trinajstić information content (AvgIpc) is 3.06. The van der Waals surface area contributed by atoms with Crippen LogP contribution in [0.25, 0.3) is 44.5 Å². The lowest BCUT2D eigenvalue weighted by atomic mass is 10.0. The highest BCUT2D eigenvalue weighted by atomic mass is 15.2. The van der Waals surface area contributed by atoms with Crippen LogP contribution in [0.15, 0.2) is 164 Å². The number of hydrogen-bond donors (Lipinski definition) is 0. The lowest BCUT2D eigenvalue weighted by Gasteiger charge is -2.26. The summed E-state index contributed by atoms with van der Waals surface area (Å²) in [5, 5.41) is 0.988. The second kappa shape index (κ2) is 10.9. The van der Waals surface area contributed by atoms with Gasteiger partial charge in [0.2, 0.25) is 0 Å². The highest BCUT2D eigenvalue weighted by Crippen LogP contribution is 2.39. The van der Waals surface area contributed by atoms with Crippen molar-refractivity contribution in [3.8, 4) is 33.6 Å². The van der Waals surface area contributed by atoms with E-state index in [0.717, 1.165) is 55.9 Å². The molecule has 0 spiro atoms. The maximum Gasteiger partial charge on any atom is 0.162 e. The Morgan fingerprint density at radius 1 is 0.366 bits per heavy atom.